The maximum Gasteiger partial charge on any atom is 0.326 e. The standard InChI is InChI=1S/C11H11N3O4/c1-2-3-6-8(14(17)18)5-4-7-9(6)10(15)13-11(16)12-7/h4-5H,2-3H2,1H3,(H2,12,13,15,16). The van der Waals surface area contributed by atoms with Crippen molar-refractivity contribution in [3.05, 3.63) is 48.6 Å². The number of nitrogens with zero attached hydrogens (tertiary/aromatic N) is 1. The van der Waals surface area contributed by atoms with Crippen molar-refractivity contribution in [2.24, 2.45) is 0 Å². The van der Waals surface area contributed by atoms with E-state index >= 15 is 0 Å². The number of H-pyrrole nitrogens is 2. The molecule has 0 radical (unpaired) electrons. The van der Waals surface area contributed by atoms with E-state index in [-0.39, 0.29) is 11.1 Å². The minimum Gasteiger partial charge on any atom is -0.307 e. The molecule has 2 N–H and O–H groups in total. The summed E-state index contributed by atoms with van der Waals surface area (Å²) in [6, 6.07) is 2.69. The van der Waals surface area contributed by atoms with Crippen molar-refractivity contribution in [2.45, 2.75) is 19.8 Å². The van der Waals surface area contributed by atoms with Gasteiger partial charge in [0.05, 0.1) is 15.8 Å². The lowest BCUT2D eigenvalue weighted by Gasteiger charge is -2.05. The normalized spacial score (nSPS) is 10.7. The maximum absolute atomic E-state index is 11.8. The fraction of sp³-hybridized carbons (Fsp3) is 0.273. The zero-order valence-corrected chi connectivity index (χ0v) is 9.65. The predicted octanol–water partition coefficient (Wildman–Crippen LogP) is 1.08. The summed E-state index contributed by atoms with van der Waals surface area (Å²) in [5.41, 5.74) is -0.637. The van der Waals surface area contributed by atoms with Gasteiger partial charge in [-0.15, -0.1) is 0 Å². The van der Waals surface area contributed by atoms with Gasteiger partial charge in [0, 0.05) is 11.6 Å². The summed E-state index contributed by atoms with van der Waals surface area (Å²) < 4.78 is 0. The summed E-state index contributed by atoms with van der Waals surface area (Å²) >= 11 is 0. The van der Waals surface area contributed by atoms with E-state index in [4.69, 9.17) is 0 Å². The number of aromatic nitrogens is 2. The van der Waals surface area contributed by atoms with Crippen LogP contribution in [-0.4, -0.2) is 14.9 Å². The first-order valence-electron chi connectivity index (χ1n) is 5.47. The molecule has 7 heteroatoms. The molecule has 1 aromatic heterocycles. The van der Waals surface area contributed by atoms with Crippen LogP contribution in [0.4, 0.5) is 5.69 Å². The molecule has 0 aliphatic rings. The summed E-state index contributed by atoms with van der Waals surface area (Å²) in [6.07, 6.45) is 1.07. The van der Waals surface area contributed by atoms with Gasteiger partial charge in [0.2, 0.25) is 0 Å². The van der Waals surface area contributed by atoms with Gasteiger partial charge < -0.3 is 4.98 Å². The third kappa shape index (κ3) is 1.90. The molecule has 0 amide bonds. The average Bonchev–Trinajstić information content (AvgIpc) is 2.28. The first-order chi connectivity index (χ1) is 8.54. The molecule has 0 aliphatic carbocycles. The van der Waals surface area contributed by atoms with E-state index in [1.807, 2.05) is 6.92 Å². The fourth-order valence-electron chi connectivity index (χ4n) is 1.99. The van der Waals surface area contributed by atoms with Gasteiger partial charge in [-0.3, -0.25) is 19.9 Å². The molecule has 0 atom stereocenters. The number of rotatable bonds is 3. The molecule has 2 rings (SSSR count). The van der Waals surface area contributed by atoms with Crippen molar-refractivity contribution in [3.8, 4) is 0 Å². The number of hydrogen-bond donors (Lipinski definition) is 2. The van der Waals surface area contributed by atoms with Crippen LogP contribution in [0.2, 0.25) is 0 Å². The Balaban J connectivity index is 2.93. The fourth-order valence-corrected chi connectivity index (χ4v) is 1.99. The Morgan fingerprint density at radius 3 is 2.61 bits per heavy atom. The molecule has 2 aromatic rings. The molecule has 0 fully saturated rings. The summed E-state index contributed by atoms with van der Waals surface area (Å²) in [6.45, 7) is 1.86. The smallest absolute Gasteiger partial charge is 0.307 e. The molecule has 0 aliphatic heterocycles. The van der Waals surface area contributed by atoms with Gasteiger partial charge in [-0.2, -0.15) is 0 Å². The zero-order valence-electron chi connectivity index (χ0n) is 9.65. The summed E-state index contributed by atoms with van der Waals surface area (Å²) in [4.78, 5) is 37.9. The van der Waals surface area contributed by atoms with Crippen molar-refractivity contribution in [2.75, 3.05) is 0 Å². The number of nitrogens with one attached hydrogen (secondary N) is 2. The van der Waals surface area contributed by atoms with E-state index in [1.165, 1.54) is 12.1 Å². The van der Waals surface area contributed by atoms with Crippen molar-refractivity contribution >= 4 is 16.6 Å². The highest BCUT2D eigenvalue weighted by Gasteiger charge is 2.18. The molecular formula is C11H11N3O4. The van der Waals surface area contributed by atoms with Gasteiger partial charge in [0.15, 0.2) is 0 Å². The topological polar surface area (TPSA) is 109 Å². The van der Waals surface area contributed by atoms with Crippen LogP contribution in [0, 0.1) is 10.1 Å². The van der Waals surface area contributed by atoms with Gasteiger partial charge in [-0.1, -0.05) is 13.3 Å². The number of nitro groups is 1. The van der Waals surface area contributed by atoms with E-state index in [1.54, 1.807) is 0 Å². The van der Waals surface area contributed by atoms with E-state index in [0.717, 1.165) is 0 Å². The Hall–Kier alpha value is -2.44. The van der Waals surface area contributed by atoms with Crippen LogP contribution < -0.4 is 11.2 Å². The second-order valence-corrected chi connectivity index (χ2v) is 3.90. The number of aromatic amines is 2. The van der Waals surface area contributed by atoms with E-state index in [0.29, 0.717) is 23.9 Å². The Morgan fingerprint density at radius 1 is 1.28 bits per heavy atom. The van der Waals surface area contributed by atoms with Crippen LogP contribution in [0.15, 0.2) is 21.7 Å². The minimum atomic E-state index is -0.621. The second-order valence-electron chi connectivity index (χ2n) is 3.90. The van der Waals surface area contributed by atoms with Crippen molar-refractivity contribution in [3.63, 3.8) is 0 Å². The monoisotopic (exact) mass is 249 g/mol. The molecule has 0 saturated heterocycles. The van der Waals surface area contributed by atoms with E-state index in [2.05, 4.69) is 9.97 Å². The quantitative estimate of drug-likeness (QED) is 0.626. The third-order valence-electron chi connectivity index (χ3n) is 2.69. The Labute approximate surface area is 101 Å². The Bertz CT molecular complexity index is 729. The highest BCUT2D eigenvalue weighted by atomic mass is 16.6. The summed E-state index contributed by atoms with van der Waals surface area (Å²) in [5.74, 6) is 0. The van der Waals surface area contributed by atoms with Gasteiger partial charge in [-0.25, -0.2) is 4.79 Å². The lowest BCUT2D eigenvalue weighted by atomic mass is 10.0. The number of hydrogen-bond acceptors (Lipinski definition) is 4. The lowest BCUT2D eigenvalue weighted by molar-refractivity contribution is -0.385. The molecular weight excluding hydrogens is 238 g/mol. The van der Waals surface area contributed by atoms with Crippen LogP contribution in [0.1, 0.15) is 18.9 Å². The summed E-state index contributed by atoms with van der Waals surface area (Å²) in [7, 11) is 0. The molecule has 7 nitrogen and oxygen atoms in total. The van der Waals surface area contributed by atoms with Gasteiger partial charge in [-0.05, 0) is 12.5 Å². The van der Waals surface area contributed by atoms with Crippen molar-refractivity contribution in [1.82, 2.24) is 9.97 Å². The van der Waals surface area contributed by atoms with Crippen molar-refractivity contribution < 1.29 is 4.92 Å². The van der Waals surface area contributed by atoms with Crippen LogP contribution in [0.3, 0.4) is 0 Å². The van der Waals surface area contributed by atoms with Crippen LogP contribution >= 0.6 is 0 Å². The Morgan fingerprint density at radius 2 is 2.00 bits per heavy atom. The lowest BCUT2D eigenvalue weighted by Crippen LogP contribution is -2.23. The van der Waals surface area contributed by atoms with Crippen LogP contribution in [0.25, 0.3) is 10.9 Å². The summed E-state index contributed by atoms with van der Waals surface area (Å²) in [5, 5.41) is 11.1. The van der Waals surface area contributed by atoms with Crippen LogP contribution in [-0.2, 0) is 6.42 Å². The second kappa shape index (κ2) is 4.44. The molecule has 0 spiro atoms. The van der Waals surface area contributed by atoms with Crippen LogP contribution in [0.5, 0.6) is 0 Å². The highest BCUT2D eigenvalue weighted by Crippen LogP contribution is 2.25. The molecule has 18 heavy (non-hydrogen) atoms. The van der Waals surface area contributed by atoms with E-state index in [9.17, 15) is 19.7 Å². The molecule has 0 bridgehead atoms. The largest absolute Gasteiger partial charge is 0.326 e. The minimum absolute atomic E-state index is 0.0955. The first kappa shape index (κ1) is 12.0. The maximum atomic E-state index is 11.8. The number of benzene rings is 1. The molecule has 1 aromatic carbocycles. The number of aryl methyl sites for hydroxylation is 1. The van der Waals surface area contributed by atoms with Gasteiger partial charge >= 0.3 is 5.69 Å². The van der Waals surface area contributed by atoms with E-state index < -0.39 is 16.2 Å². The first-order valence-corrected chi connectivity index (χ1v) is 5.47. The predicted molar refractivity (Wildman–Crippen MR) is 65.8 cm³/mol. The van der Waals surface area contributed by atoms with Crippen molar-refractivity contribution in [1.29, 1.82) is 0 Å². The molecule has 1 heterocycles. The zero-order chi connectivity index (χ0) is 13.3. The molecule has 94 valence electrons. The highest BCUT2D eigenvalue weighted by molar-refractivity contribution is 5.84. The number of nitro benzene ring substituents is 1. The van der Waals surface area contributed by atoms with Gasteiger partial charge in [0.25, 0.3) is 11.2 Å². The van der Waals surface area contributed by atoms with Gasteiger partial charge in [0.1, 0.15) is 0 Å². The molecule has 0 saturated carbocycles. The Kier molecular flexibility index (Phi) is 2.97. The average molecular weight is 249 g/mol. The molecule has 0 unspecified atom stereocenters. The SMILES string of the molecule is CCCc1c([N+](=O)[O-])ccc2[nH]c(=O)[nH]c(=O)c12. The number of fused-ring (bicyclic) bond motifs is 1. The third-order valence-corrected chi connectivity index (χ3v) is 2.69.